The molecule has 1 aromatic carbocycles. The molecule has 0 unspecified atom stereocenters. The maximum Gasteiger partial charge on any atom is 0.257 e. The fourth-order valence-electron chi connectivity index (χ4n) is 3.36. The van der Waals surface area contributed by atoms with Gasteiger partial charge in [-0.15, -0.1) is 22.7 Å². The number of hydrogen-bond acceptors (Lipinski definition) is 7. The molecule has 0 saturated carbocycles. The van der Waals surface area contributed by atoms with Crippen molar-refractivity contribution in [1.82, 2.24) is 14.9 Å². The highest BCUT2D eigenvalue weighted by atomic mass is 32.1. The lowest BCUT2D eigenvalue weighted by Crippen LogP contribution is -2.33. The molecule has 1 atom stereocenters. The number of amides is 2. The largest absolute Gasteiger partial charge is 0.301 e. The molecule has 4 rings (SSSR count). The quantitative estimate of drug-likeness (QED) is 0.622. The third kappa shape index (κ3) is 4.87. The van der Waals surface area contributed by atoms with Crippen molar-refractivity contribution in [2.24, 2.45) is 0 Å². The van der Waals surface area contributed by atoms with Crippen LogP contribution in [0.2, 0.25) is 0 Å². The zero-order valence-corrected chi connectivity index (χ0v) is 17.6. The summed E-state index contributed by atoms with van der Waals surface area (Å²) in [6.45, 7) is 3.10. The van der Waals surface area contributed by atoms with Crippen LogP contribution in [-0.4, -0.2) is 39.8 Å². The molecular formula is C20H21N5O2S2. The number of nitrogens with one attached hydrogen (secondary N) is 2. The summed E-state index contributed by atoms with van der Waals surface area (Å²) in [7, 11) is 0. The van der Waals surface area contributed by atoms with E-state index in [1.165, 1.54) is 22.7 Å². The monoisotopic (exact) mass is 427 g/mol. The smallest absolute Gasteiger partial charge is 0.257 e. The topological polar surface area (TPSA) is 87.2 Å². The molecule has 0 spiro atoms. The molecule has 9 heteroatoms. The van der Waals surface area contributed by atoms with Gasteiger partial charge < -0.3 is 5.32 Å². The summed E-state index contributed by atoms with van der Waals surface area (Å²) in [6, 6.07) is 9.15. The lowest BCUT2D eigenvalue weighted by atomic mass is 10.2. The Hall–Kier alpha value is -2.62. The molecule has 1 saturated heterocycles. The van der Waals surface area contributed by atoms with Crippen molar-refractivity contribution in [3.05, 3.63) is 58.0 Å². The van der Waals surface area contributed by atoms with E-state index >= 15 is 0 Å². The van der Waals surface area contributed by atoms with Crippen LogP contribution < -0.4 is 10.6 Å². The highest BCUT2D eigenvalue weighted by Crippen LogP contribution is 2.33. The van der Waals surface area contributed by atoms with Crippen LogP contribution in [-0.2, 0) is 4.79 Å². The number of aryl methyl sites for hydroxylation is 1. The number of carbonyl (C=O) groups is 2. The number of benzene rings is 1. The molecule has 2 aromatic heterocycles. The first kappa shape index (κ1) is 19.7. The van der Waals surface area contributed by atoms with Crippen LogP contribution in [0.1, 0.15) is 39.8 Å². The molecule has 0 aliphatic carbocycles. The molecule has 7 nitrogen and oxygen atoms in total. The number of anilines is 2. The van der Waals surface area contributed by atoms with Gasteiger partial charge in [0, 0.05) is 22.0 Å². The minimum atomic E-state index is -0.173. The molecule has 1 aliphatic rings. The number of rotatable bonds is 6. The van der Waals surface area contributed by atoms with Crippen LogP contribution in [0.25, 0.3) is 0 Å². The van der Waals surface area contributed by atoms with E-state index in [2.05, 4.69) is 25.5 Å². The van der Waals surface area contributed by atoms with Gasteiger partial charge >= 0.3 is 0 Å². The van der Waals surface area contributed by atoms with Crippen LogP contribution in [0, 0.1) is 6.92 Å². The second-order valence-electron chi connectivity index (χ2n) is 6.85. The third-order valence-corrected chi connectivity index (χ3v) is 6.30. The van der Waals surface area contributed by atoms with Gasteiger partial charge in [0.25, 0.3) is 5.91 Å². The van der Waals surface area contributed by atoms with Gasteiger partial charge in [-0.2, -0.15) is 0 Å². The summed E-state index contributed by atoms with van der Waals surface area (Å²) in [5.74, 6) is -0.244. The van der Waals surface area contributed by atoms with Gasteiger partial charge in [0.2, 0.25) is 5.91 Å². The van der Waals surface area contributed by atoms with E-state index in [9.17, 15) is 9.59 Å². The fourth-order valence-corrected chi connectivity index (χ4v) is 4.79. The minimum absolute atomic E-state index is 0.0703. The molecule has 0 bridgehead atoms. The maximum atomic E-state index is 12.4. The highest BCUT2D eigenvalue weighted by molar-refractivity contribution is 7.15. The van der Waals surface area contributed by atoms with Crippen molar-refractivity contribution in [2.45, 2.75) is 25.8 Å². The fraction of sp³-hybridized carbons (Fsp3) is 0.300. The summed E-state index contributed by atoms with van der Waals surface area (Å²) < 4.78 is 0. The van der Waals surface area contributed by atoms with Crippen LogP contribution in [0.5, 0.6) is 0 Å². The van der Waals surface area contributed by atoms with E-state index in [0.717, 1.165) is 30.0 Å². The lowest BCUT2D eigenvalue weighted by Gasteiger charge is -2.22. The lowest BCUT2D eigenvalue weighted by molar-refractivity contribution is -0.117. The first-order valence-electron chi connectivity index (χ1n) is 9.36. The number of hydrogen-bond donors (Lipinski definition) is 2. The van der Waals surface area contributed by atoms with E-state index in [4.69, 9.17) is 0 Å². The van der Waals surface area contributed by atoms with Crippen LogP contribution in [0.3, 0.4) is 0 Å². The number of nitrogens with zero attached hydrogens (tertiary/aromatic N) is 3. The summed E-state index contributed by atoms with van der Waals surface area (Å²) >= 11 is 2.87. The van der Waals surface area contributed by atoms with Gasteiger partial charge in [-0.25, -0.2) is 9.97 Å². The number of aromatic nitrogens is 2. The second kappa shape index (κ2) is 8.81. The third-order valence-electron chi connectivity index (χ3n) is 4.70. The molecule has 1 aliphatic heterocycles. The molecule has 0 radical (unpaired) electrons. The minimum Gasteiger partial charge on any atom is -0.301 e. The Morgan fingerprint density at radius 1 is 1.21 bits per heavy atom. The molecule has 29 heavy (non-hydrogen) atoms. The van der Waals surface area contributed by atoms with E-state index < -0.39 is 0 Å². The maximum absolute atomic E-state index is 12.4. The van der Waals surface area contributed by atoms with Crippen molar-refractivity contribution in [1.29, 1.82) is 0 Å². The van der Waals surface area contributed by atoms with Crippen molar-refractivity contribution in [3.8, 4) is 0 Å². The Bertz CT molecular complexity index is 1000. The van der Waals surface area contributed by atoms with Crippen molar-refractivity contribution in [3.63, 3.8) is 0 Å². The van der Waals surface area contributed by atoms with Crippen LogP contribution in [0.15, 0.2) is 41.9 Å². The van der Waals surface area contributed by atoms with Gasteiger partial charge in [0.1, 0.15) is 0 Å². The Labute approximate surface area is 176 Å². The normalized spacial score (nSPS) is 16.7. The number of thiazole rings is 2. The van der Waals surface area contributed by atoms with Crippen molar-refractivity contribution < 1.29 is 9.59 Å². The van der Waals surface area contributed by atoms with E-state index in [1.807, 2.05) is 30.5 Å². The van der Waals surface area contributed by atoms with E-state index in [1.54, 1.807) is 18.3 Å². The average Bonchev–Trinajstić information content (AvgIpc) is 3.44. The standard InChI is InChI=1S/C20H21N5O2S2/c1-13-10-21-19(29-13)23-17(26)11-25-9-5-8-16(25)15-12-28-20(22-15)24-18(27)14-6-3-2-4-7-14/h2-4,6-7,10,12,16H,5,8-9,11H2,1H3,(H,21,23,26)(H,22,24,27)/t16-/m1/s1. The summed E-state index contributed by atoms with van der Waals surface area (Å²) in [4.78, 5) is 36.7. The summed E-state index contributed by atoms with van der Waals surface area (Å²) in [5.41, 5.74) is 1.49. The van der Waals surface area contributed by atoms with Gasteiger partial charge in [-0.1, -0.05) is 18.2 Å². The van der Waals surface area contributed by atoms with Crippen molar-refractivity contribution >= 4 is 44.8 Å². The highest BCUT2D eigenvalue weighted by Gasteiger charge is 2.29. The summed E-state index contributed by atoms with van der Waals surface area (Å²) in [6.07, 6.45) is 3.70. The molecule has 3 aromatic rings. The number of likely N-dealkylation sites (tertiary alicyclic amines) is 1. The first-order chi connectivity index (χ1) is 14.1. The molecule has 2 N–H and O–H groups in total. The van der Waals surface area contributed by atoms with Gasteiger partial charge in [0.15, 0.2) is 10.3 Å². The number of carbonyl (C=O) groups excluding carboxylic acids is 2. The predicted molar refractivity (Wildman–Crippen MR) is 116 cm³/mol. The first-order valence-corrected chi connectivity index (χ1v) is 11.1. The molecular weight excluding hydrogens is 406 g/mol. The van der Waals surface area contributed by atoms with Gasteiger partial charge in [-0.05, 0) is 38.4 Å². The van der Waals surface area contributed by atoms with E-state index in [-0.39, 0.29) is 17.9 Å². The molecule has 2 amide bonds. The van der Waals surface area contributed by atoms with Gasteiger partial charge in [0.05, 0.1) is 18.3 Å². The van der Waals surface area contributed by atoms with E-state index in [0.29, 0.717) is 22.4 Å². The van der Waals surface area contributed by atoms with Crippen molar-refractivity contribution in [2.75, 3.05) is 23.7 Å². The SMILES string of the molecule is Cc1cnc(NC(=O)CN2CCC[C@@H]2c2csc(NC(=O)c3ccccc3)n2)s1. The zero-order chi connectivity index (χ0) is 20.2. The van der Waals surface area contributed by atoms with Crippen LogP contribution in [0.4, 0.5) is 10.3 Å². The Kier molecular flexibility index (Phi) is 5.98. The Morgan fingerprint density at radius 3 is 2.79 bits per heavy atom. The molecule has 150 valence electrons. The zero-order valence-electron chi connectivity index (χ0n) is 15.9. The predicted octanol–water partition coefficient (Wildman–Crippen LogP) is 3.94. The summed E-state index contributed by atoms with van der Waals surface area (Å²) in [5, 5.41) is 8.88. The average molecular weight is 428 g/mol. The molecule has 3 heterocycles. The second-order valence-corrected chi connectivity index (χ2v) is 8.94. The molecule has 1 fully saturated rings. The Balaban J connectivity index is 1.37. The van der Waals surface area contributed by atoms with Crippen LogP contribution >= 0.6 is 22.7 Å². The Morgan fingerprint density at radius 2 is 2.03 bits per heavy atom. The van der Waals surface area contributed by atoms with Gasteiger partial charge in [-0.3, -0.25) is 19.8 Å².